The smallest absolute Gasteiger partial charge is 0.258 e. The fraction of sp³-hybridized carbons (Fsp3) is 0.385. The van der Waals surface area contributed by atoms with Crippen LogP contribution in [-0.2, 0) is 5.54 Å². The Bertz CT molecular complexity index is 608. The van der Waals surface area contributed by atoms with Gasteiger partial charge in [-0.05, 0) is 37.5 Å². The largest absolute Gasteiger partial charge is 0.494 e. The van der Waals surface area contributed by atoms with Gasteiger partial charge in [-0.1, -0.05) is 5.16 Å². The highest BCUT2D eigenvalue weighted by Crippen LogP contribution is 2.37. The molecule has 1 aliphatic carbocycles. The van der Waals surface area contributed by atoms with E-state index in [0.29, 0.717) is 11.4 Å². The Kier molecular flexibility index (Phi) is 2.74. The van der Waals surface area contributed by atoms with E-state index in [1.54, 1.807) is 6.07 Å². The minimum absolute atomic E-state index is 0.178. The maximum Gasteiger partial charge on any atom is 0.258 e. The number of nitrogens with two attached hydrogens (primary N) is 1. The van der Waals surface area contributed by atoms with Crippen LogP contribution in [0.2, 0.25) is 0 Å². The molecule has 0 unspecified atom stereocenters. The van der Waals surface area contributed by atoms with Gasteiger partial charge in [-0.15, -0.1) is 0 Å². The molecule has 19 heavy (non-hydrogen) atoms. The third-order valence-electron chi connectivity index (χ3n) is 3.52. The Balaban J connectivity index is 1.92. The van der Waals surface area contributed by atoms with E-state index >= 15 is 0 Å². The molecule has 1 saturated carbocycles. The average molecular weight is 263 g/mol. The number of halogens is 1. The van der Waals surface area contributed by atoms with Gasteiger partial charge in [0.15, 0.2) is 17.4 Å². The van der Waals surface area contributed by atoms with Crippen molar-refractivity contribution < 1.29 is 13.7 Å². The molecular formula is C13H14FN3O2. The normalized spacial score (nSPS) is 17.0. The Morgan fingerprint density at radius 1 is 1.42 bits per heavy atom. The van der Waals surface area contributed by atoms with Crippen molar-refractivity contribution in [3.05, 3.63) is 29.8 Å². The van der Waals surface area contributed by atoms with Gasteiger partial charge in [0, 0.05) is 5.56 Å². The fourth-order valence-electron chi connectivity index (χ4n) is 2.12. The van der Waals surface area contributed by atoms with Crippen molar-refractivity contribution in [1.82, 2.24) is 10.1 Å². The lowest BCUT2D eigenvalue weighted by molar-refractivity contribution is 0.229. The predicted molar refractivity (Wildman–Crippen MR) is 66.0 cm³/mol. The van der Waals surface area contributed by atoms with E-state index in [2.05, 4.69) is 10.1 Å². The Hall–Kier alpha value is -1.95. The second-order valence-corrected chi connectivity index (χ2v) is 4.78. The zero-order valence-corrected chi connectivity index (χ0v) is 10.5. The number of benzene rings is 1. The molecule has 0 radical (unpaired) electrons. The summed E-state index contributed by atoms with van der Waals surface area (Å²) in [6.45, 7) is 0. The van der Waals surface area contributed by atoms with Crippen molar-refractivity contribution in [1.29, 1.82) is 0 Å². The number of hydrogen-bond acceptors (Lipinski definition) is 5. The Morgan fingerprint density at radius 3 is 2.79 bits per heavy atom. The van der Waals surface area contributed by atoms with E-state index in [9.17, 15) is 4.39 Å². The molecule has 0 atom stereocenters. The number of hydrogen-bond donors (Lipinski definition) is 1. The molecule has 1 heterocycles. The van der Waals surface area contributed by atoms with Crippen LogP contribution in [-0.4, -0.2) is 17.3 Å². The van der Waals surface area contributed by atoms with Crippen molar-refractivity contribution in [2.75, 3.05) is 7.11 Å². The lowest BCUT2D eigenvalue weighted by atomic mass is 9.77. The molecule has 0 spiro atoms. The standard InChI is InChI=1S/C13H14FN3O2/c1-18-10-4-3-8(7-9(10)14)11-16-12(17-19-11)13(15)5-2-6-13/h3-4,7H,2,5-6,15H2,1H3. The van der Waals surface area contributed by atoms with Gasteiger partial charge in [0.1, 0.15) is 0 Å². The van der Waals surface area contributed by atoms with Crippen molar-refractivity contribution in [2.24, 2.45) is 5.73 Å². The van der Waals surface area contributed by atoms with E-state index in [1.807, 2.05) is 0 Å². The van der Waals surface area contributed by atoms with Gasteiger partial charge in [0.25, 0.3) is 5.89 Å². The maximum absolute atomic E-state index is 13.6. The van der Waals surface area contributed by atoms with Crippen LogP contribution in [0, 0.1) is 5.82 Å². The molecule has 2 N–H and O–H groups in total. The summed E-state index contributed by atoms with van der Waals surface area (Å²) in [5, 5.41) is 3.89. The van der Waals surface area contributed by atoms with Crippen molar-refractivity contribution >= 4 is 0 Å². The van der Waals surface area contributed by atoms with Gasteiger partial charge in [0.05, 0.1) is 12.6 Å². The third-order valence-corrected chi connectivity index (χ3v) is 3.52. The van der Waals surface area contributed by atoms with E-state index in [1.165, 1.54) is 19.2 Å². The van der Waals surface area contributed by atoms with Crippen LogP contribution in [0.15, 0.2) is 22.7 Å². The zero-order valence-electron chi connectivity index (χ0n) is 10.5. The first-order valence-corrected chi connectivity index (χ1v) is 6.09. The molecule has 1 fully saturated rings. The van der Waals surface area contributed by atoms with E-state index in [4.69, 9.17) is 15.0 Å². The highest BCUT2D eigenvalue weighted by molar-refractivity contribution is 5.54. The van der Waals surface area contributed by atoms with Crippen molar-refractivity contribution in [2.45, 2.75) is 24.8 Å². The summed E-state index contributed by atoms with van der Waals surface area (Å²) in [6, 6.07) is 4.50. The molecule has 0 saturated heterocycles. The third kappa shape index (κ3) is 1.98. The topological polar surface area (TPSA) is 74.2 Å². The molecule has 0 amide bonds. The summed E-state index contributed by atoms with van der Waals surface area (Å²) < 4.78 is 23.6. The zero-order chi connectivity index (χ0) is 13.5. The molecule has 100 valence electrons. The van der Waals surface area contributed by atoms with E-state index in [0.717, 1.165) is 19.3 Å². The monoisotopic (exact) mass is 263 g/mol. The summed E-state index contributed by atoms with van der Waals surface area (Å²) >= 11 is 0. The molecule has 2 aromatic rings. The number of methoxy groups -OCH3 is 1. The van der Waals surface area contributed by atoms with Crippen LogP contribution in [0.3, 0.4) is 0 Å². The van der Waals surface area contributed by atoms with Gasteiger partial charge in [-0.25, -0.2) is 4.39 Å². The van der Waals surface area contributed by atoms with Gasteiger partial charge >= 0.3 is 0 Å². The second-order valence-electron chi connectivity index (χ2n) is 4.78. The highest BCUT2D eigenvalue weighted by atomic mass is 19.1. The van der Waals surface area contributed by atoms with E-state index in [-0.39, 0.29) is 11.6 Å². The Labute approximate surface area is 109 Å². The number of nitrogens with zero attached hydrogens (tertiary/aromatic N) is 2. The van der Waals surface area contributed by atoms with Crippen LogP contribution in [0.25, 0.3) is 11.5 Å². The fourth-order valence-corrected chi connectivity index (χ4v) is 2.12. The van der Waals surface area contributed by atoms with Gasteiger partial charge < -0.3 is 15.0 Å². The molecule has 1 aliphatic rings. The second kappa shape index (κ2) is 4.31. The van der Waals surface area contributed by atoms with Crippen molar-refractivity contribution in [3.63, 3.8) is 0 Å². The van der Waals surface area contributed by atoms with E-state index < -0.39 is 11.4 Å². The Morgan fingerprint density at radius 2 is 2.21 bits per heavy atom. The first kappa shape index (κ1) is 12.1. The molecule has 6 heteroatoms. The van der Waals surface area contributed by atoms with Gasteiger partial charge in [-0.3, -0.25) is 0 Å². The molecule has 5 nitrogen and oxygen atoms in total. The minimum Gasteiger partial charge on any atom is -0.494 e. The SMILES string of the molecule is COc1ccc(-c2nc(C3(N)CCC3)no2)cc1F. The van der Waals surface area contributed by atoms with Crippen LogP contribution in [0.4, 0.5) is 4.39 Å². The highest BCUT2D eigenvalue weighted by Gasteiger charge is 2.39. The summed E-state index contributed by atoms with van der Waals surface area (Å²) in [7, 11) is 1.41. The summed E-state index contributed by atoms with van der Waals surface area (Å²) in [5.74, 6) is 0.474. The predicted octanol–water partition coefficient (Wildman–Crippen LogP) is 2.22. The molecule has 1 aromatic heterocycles. The van der Waals surface area contributed by atoms with Gasteiger partial charge in [-0.2, -0.15) is 4.98 Å². The molecule has 0 bridgehead atoms. The van der Waals surface area contributed by atoms with Crippen molar-refractivity contribution in [3.8, 4) is 17.2 Å². The van der Waals surface area contributed by atoms with Crippen LogP contribution < -0.4 is 10.5 Å². The first-order valence-electron chi connectivity index (χ1n) is 6.09. The number of rotatable bonds is 3. The minimum atomic E-state index is -0.479. The summed E-state index contributed by atoms with van der Waals surface area (Å²) in [4.78, 5) is 4.26. The maximum atomic E-state index is 13.6. The number of aromatic nitrogens is 2. The molecule has 0 aliphatic heterocycles. The lowest BCUT2D eigenvalue weighted by Gasteiger charge is -2.34. The molecule has 3 rings (SSSR count). The molecule has 1 aromatic carbocycles. The first-order chi connectivity index (χ1) is 9.12. The summed E-state index contributed by atoms with van der Waals surface area (Å²) in [6.07, 6.45) is 2.77. The summed E-state index contributed by atoms with van der Waals surface area (Å²) in [5.41, 5.74) is 6.15. The number of ether oxygens (including phenoxy) is 1. The van der Waals surface area contributed by atoms with Crippen LogP contribution in [0.5, 0.6) is 5.75 Å². The van der Waals surface area contributed by atoms with Crippen LogP contribution in [0.1, 0.15) is 25.1 Å². The lowest BCUT2D eigenvalue weighted by Crippen LogP contribution is -2.44. The van der Waals surface area contributed by atoms with Crippen LogP contribution >= 0.6 is 0 Å². The van der Waals surface area contributed by atoms with Gasteiger partial charge in [0.2, 0.25) is 0 Å². The quantitative estimate of drug-likeness (QED) is 0.919. The average Bonchev–Trinajstić information content (AvgIpc) is 2.85. The molecular weight excluding hydrogens is 249 g/mol.